The number of carbonyl (C=O) groups is 2. The zero-order valence-corrected chi connectivity index (χ0v) is 13.4. The van der Waals surface area contributed by atoms with Crippen molar-refractivity contribution in [3.63, 3.8) is 0 Å². The molecular formula is C18H14F3NO4. The highest BCUT2D eigenvalue weighted by atomic mass is 19.4. The number of alkyl halides is 3. The third kappa shape index (κ3) is 3.96. The summed E-state index contributed by atoms with van der Waals surface area (Å²) >= 11 is 0. The van der Waals surface area contributed by atoms with E-state index in [0.717, 1.165) is 6.07 Å². The van der Waals surface area contributed by atoms with Crippen LogP contribution in [-0.2, 0) is 27.1 Å². The van der Waals surface area contributed by atoms with E-state index in [9.17, 15) is 22.8 Å². The first-order chi connectivity index (χ1) is 12.3. The van der Waals surface area contributed by atoms with Gasteiger partial charge in [-0.05, 0) is 18.2 Å². The molecule has 136 valence electrons. The van der Waals surface area contributed by atoms with Crippen molar-refractivity contribution in [3.8, 4) is 5.75 Å². The zero-order valence-electron chi connectivity index (χ0n) is 13.4. The molecule has 26 heavy (non-hydrogen) atoms. The lowest BCUT2D eigenvalue weighted by Gasteiger charge is -2.25. The number of fused-ring (bicyclic) bond motifs is 1. The van der Waals surface area contributed by atoms with Gasteiger partial charge in [0.1, 0.15) is 12.4 Å². The van der Waals surface area contributed by atoms with E-state index >= 15 is 0 Å². The summed E-state index contributed by atoms with van der Waals surface area (Å²) in [5, 5.41) is 2.60. The number of nitrogens with one attached hydrogen (secondary N) is 1. The molecule has 0 fully saturated rings. The van der Waals surface area contributed by atoms with Crippen molar-refractivity contribution in [1.82, 2.24) is 0 Å². The molecule has 1 amide bonds. The van der Waals surface area contributed by atoms with E-state index in [0.29, 0.717) is 11.4 Å². The lowest BCUT2D eigenvalue weighted by atomic mass is 10.1. The Morgan fingerprint density at radius 2 is 1.81 bits per heavy atom. The average Bonchev–Trinajstić information content (AvgIpc) is 2.60. The normalized spacial score (nSPS) is 16.3. The molecule has 1 heterocycles. The molecule has 0 spiro atoms. The third-order valence-electron chi connectivity index (χ3n) is 3.77. The number of hydrogen-bond acceptors (Lipinski definition) is 4. The molecule has 1 aliphatic heterocycles. The second kappa shape index (κ2) is 7.07. The van der Waals surface area contributed by atoms with Crippen LogP contribution in [0.15, 0.2) is 48.5 Å². The number of anilines is 1. The zero-order chi connectivity index (χ0) is 18.7. The van der Waals surface area contributed by atoms with Crippen molar-refractivity contribution in [2.75, 3.05) is 5.32 Å². The minimum Gasteiger partial charge on any atom is -0.478 e. The summed E-state index contributed by atoms with van der Waals surface area (Å²) in [6.45, 7) is -0.542. The van der Waals surface area contributed by atoms with Crippen molar-refractivity contribution in [2.45, 2.75) is 25.3 Å². The molecule has 3 rings (SSSR count). The van der Waals surface area contributed by atoms with E-state index in [-0.39, 0.29) is 5.56 Å². The summed E-state index contributed by atoms with van der Waals surface area (Å²) < 4.78 is 49.1. The molecule has 1 aliphatic rings. The molecule has 0 aromatic heterocycles. The van der Waals surface area contributed by atoms with Crippen LogP contribution < -0.4 is 10.1 Å². The standard InChI is InChI=1S/C18H14F3NO4/c19-18(20,21)12-6-2-1-5-11(12)10-25-16(23)9-15-17(24)22-13-7-3-4-8-14(13)26-15/h1-8,15H,9-10H2,(H,22,24)/t15-/m0/s1. The van der Waals surface area contributed by atoms with Crippen LogP contribution in [-0.4, -0.2) is 18.0 Å². The number of amides is 1. The molecule has 1 atom stereocenters. The second-order valence-corrected chi connectivity index (χ2v) is 5.61. The van der Waals surface area contributed by atoms with Gasteiger partial charge in [-0.25, -0.2) is 0 Å². The second-order valence-electron chi connectivity index (χ2n) is 5.61. The van der Waals surface area contributed by atoms with Gasteiger partial charge >= 0.3 is 12.1 Å². The average molecular weight is 365 g/mol. The summed E-state index contributed by atoms with van der Waals surface area (Å²) in [5.41, 5.74) is -0.540. The Kier molecular flexibility index (Phi) is 4.83. The van der Waals surface area contributed by atoms with Crippen LogP contribution in [0, 0.1) is 0 Å². The number of benzene rings is 2. The van der Waals surface area contributed by atoms with Crippen molar-refractivity contribution in [3.05, 3.63) is 59.7 Å². The van der Waals surface area contributed by atoms with Crippen molar-refractivity contribution < 1.29 is 32.2 Å². The monoisotopic (exact) mass is 365 g/mol. The fourth-order valence-electron chi connectivity index (χ4n) is 2.52. The topological polar surface area (TPSA) is 64.6 Å². The number of hydrogen-bond donors (Lipinski definition) is 1. The Labute approximate surface area is 146 Å². The van der Waals surface area contributed by atoms with E-state index in [1.54, 1.807) is 24.3 Å². The molecule has 0 bridgehead atoms. The van der Waals surface area contributed by atoms with Crippen LogP contribution in [0.25, 0.3) is 0 Å². The maximum atomic E-state index is 12.9. The van der Waals surface area contributed by atoms with Gasteiger partial charge in [0.15, 0.2) is 6.10 Å². The maximum absolute atomic E-state index is 12.9. The fraction of sp³-hybridized carbons (Fsp3) is 0.222. The van der Waals surface area contributed by atoms with E-state index in [1.807, 2.05) is 0 Å². The molecule has 0 saturated carbocycles. The number of ether oxygens (including phenoxy) is 2. The van der Waals surface area contributed by atoms with Crippen molar-refractivity contribution in [2.24, 2.45) is 0 Å². The van der Waals surface area contributed by atoms with Gasteiger partial charge in [0.05, 0.1) is 17.7 Å². The lowest BCUT2D eigenvalue weighted by Crippen LogP contribution is -2.38. The molecule has 0 unspecified atom stereocenters. The number of carbonyl (C=O) groups excluding carboxylic acids is 2. The predicted octanol–water partition coefficient (Wildman–Crippen LogP) is 3.54. The highest BCUT2D eigenvalue weighted by molar-refractivity contribution is 5.99. The predicted molar refractivity (Wildman–Crippen MR) is 85.3 cm³/mol. The van der Waals surface area contributed by atoms with E-state index in [4.69, 9.17) is 9.47 Å². The smallest absolute Gasteiger partial charge is 0.416 e. The Morgan fingerprint density at radius 3 is 2.58 bits per heavy atom. The lowest BCUT2D eigenvalue weighted by molar-refractivity contribution is -0.150. The number of rotatable bonds is 4. The van der Waals surface area contributed by atoms with Crippen LogP contribution in [0.3, 0.4) is 0 Å². The molecule has 0 saturated heterocycles. The number of halogens is 3. The van der Waals surface area contributed by atoms with Crippen LogP contribution >= 0.6 is 0 Å². The third-order valence-corrected chi connectivity index (χ3v) is 3.77. The molecule has 2 aromatic rings. The van der Waals surface area contributed by atoms with Crippen molar-refractivity contribution in [1.29, 1.82) is 0 Å². The van der Waals surface area contributed by atoms with Gasteiger partial charge in [0.25, 0.3) is 5.91 Å². The SMILES string of the molecule is O=C(C[C@@H]1Oc2ccccc2NC1=O)OCc1ccccc1C(F)(F)F. The molecule has 0 aliphatic carbocycles. The highest BCUT2D eigenvalue weighted by Crippen LogP contribution is 2.32. The Balaban J connectivity index is 1.61. The van der Waals surface area contributed by atoms with E-state index < -0.39 is 42.7 Å². The molecule has 8 heteroatoms. The van der Waals surface area contributed by atoms with Gasteiger partial charge in [-0.3, -0.25) is 9.59 Å². The van der Waals surface area contributed by atoms with Gasteiger partial charge < -0.3 is 14.8 Å². The van der Waals surface area contributed by atoms with Crippen molar-refractivity contribution >= 4 is 17.6 Å². The first kappa shape index (κ1) is 17.8. The fourth-order valence-corrected chi connectivity index (χ4v) is 2.52. The number of esters is 1. The largest absolute Gasteiger partial charge is 0.478 e. The Bertz CT molecular complexity index is 835. The molecular weight excluding hydrogens is 351 g/mol. The number of para-hydroxylation sites is 2. The summed E-state index contributed by atoms with van der Waals surface area (Å²) in [6, 6.07) is 11.5. The minimum absolute atomic E-state index is 0.160. The van der Waals surface area contributed by atoms with E-state index in [2.05, 4.69) is 5.32 Å². The first-order valence-corrected chi connectivity index (χ1v) is 7.72. The molecule has 1 N–H and O–H groups in total. The summed E-state index contributed by atoms with van der Waals surface area (Å²) in [4.78, 5) is 23.9. The Hall–Kier alpha value is -3.03. The highest BCUT2D eigenvalue weighted by Gasteiger charge is 2.34. The van der Waals surface area contributed by atoms with E-state index in [1.165, 1.54) is 18.2 Å². The van der Waals surface area contributed by atoms with Gasteiger partial charge in [0.2, 0.25) is 0 Å². The van der Waals surface area contributed by atoms with Crippen LogP contribution in [0.5, 0.6) is 5.75 Å². The van der Waals surface area contributed by atoms with Crippen LogP contribution in [0.4, 0.5) is 18.9 Å². The van der Waals surface area contributed by atoms with Gasteiger partial charge in [-0.2, -0.15) is 13.2 Å². The van der Waals surface area contributed by atoms with Gasteiger partial charge in [-0.15, -0.1) is 0 Å². The molecule has 2 aromatic carbocycles. The summed E-state index contributed by atoms with van der Waals surface area (Å²) in [7, 11) is 0. The maximum Gasteiger partial charge on any atom is 0.416 e. The van der Waals surface area contributed by atoms with Crippen LogP contribution in [0.1, 0.15) is 17.5 Å². The van der Waals surface area contributed by atoms with Gasteiger partial charge in [0, 0.05) is 5.56 Å². The summed E-state index contributed by atoms with van der Waals surface area (Å²) in [5.74, 6) is -0.940. The minimum atomic E-state index is -4.54. The molecule has 5 nitrogen and oxygen atoms in total. The summed E-state index contributed by atoms with van der Waals surface area (Å²) in [6.07, 6.45) is -6.05. The quantitative estimate of drug-likeness (QED) is 0.842. The molecule has 0 radical (unpaired) electrons. The van der Waals surface area contributed by atoms with Gasteiger partial charge in [-0.1, -0.05) is 30.3 Å². The Morgan fingerprint density at radius 1 is 1.12 bits per heavy atom. The van der Waals surface area contributed by atoms with Crippen LogP contribution in [0.2, 0.25) is 0 Å². The first-order valence-electron chi connectivity index (χ1n) is 7.72.